The molecule has 23 heavy (non-hydrogen) atoms. The van der Waals surface area contributed by atoms with Crippen molar-refractivity contribution >= 4 is 10.0 Å². The van der Waals surface area contributed by atoms with Crippen LogP contribution in [0.15, 0.2) is 47.4 Å². The van der Waals surface area contributed by atoms with Gasteiger partial charge in [-0.3, -0.25) is 0 Å². The van der Waals surface area contributed by atoms with E-state index in [0.29, 0.717) is 18.1 Å². The Kier molecular flexibility index (Phi) is 5.93. The minimum absolute atomic E-state index is 0.252. The second-order valence-corrected chi connectivity index (χ2v) is 7.44. The SMILES string of the molecule is Cc1ccc(COCCNS(=O)(=O)c2cc(C)ccc2C)cc1. The molecule has 0 saturated carbocycles. The fourth-order valence-corrected chi connectivity index (χ4v) is 3.54. The zero-order chi connectivity index (χ0) is 16.9. The molecule has 0 aliphatic carbocycles. The molecule has 4 nitrogen and oxygen atoms in total. The third-order valence-electron chi connectivity index (χ3n) is 3.56. The molecule has 0 unspecified atom stereocenters. The molecule has 0 amide bonds. The molecule has 0 saturated heterocycles. The van der Waals surface area contributed by atoms with Crippen LogP contribution in [0.5, 0.6) is 0 Å². The van der Waals surface area contributed by atoms with Crippen molar-refractivity contribution in [1.29, 1.82) is 0 Å². The molecular formula is C18H23NO3S. The number of hydrogen-bond donors (Lipinski definition) is 1. The van der Waals surface area contributed by atoms with Crippen molar-refractivity contribution in [2.24, 2.45) is 0 Å². The summed E-state index contributed by atoms with van der Waals surface area (Å²) in [6.07, 6.45) is 0. The molecule has 0 aromatic heterocycles. The number of rotatable bonds is 7. The lowest BCUT2D eigenvalue weighted by atomic mass is 10.2. The molecule has 1 N–H and O–H groups in total. The Morgan fingerprint density at radius 1 is 0.957 bits per heavy atom. The molecule has 0 fully saturated rings. The normalized spacial score (nSPS) is 11.6. The van der Waals surface area contributed by atoms with Crippen LogP contribution >= 0.6 is 0 Å². The Morgan fingerprint density at radius 2 is 1.61 bits per heavy atom. The monoisotopic (exact) mass is 333 g/mol. The first-order chi connectivity index (χ1) is 10.9. The van der Waals surface area contributed by atoms with Crippen LogP contribution in [-0.2, 0) is 21.4 Å². The zero-order valence-corrected chi connectivity index (χ0v) is 14.6. The maximum Gasteiger partial charge on any atom is 0.240 e. The average molecular weight is 333 g/mol. The highest BCUT2D eigenvalue weighted by Crippen LogP contribution is 2.16. The molecular weight excluding hydrogens is 310 g/mol. The van der Waals surface area contributed by atoms with Gasteiger partial charge < -0.3 is 4.74 Å². The topological polar surface area (TPSA) is 55.4 Å². The van der Waals surface area contributed by atoms with Crippen LogP contribution in [0.2, 0.25) is 0 Å². The fraction of sp³-hybridized carbons (Fsp3) is 0.333. The van der Waals surface area contributed by atoms with E-state index in [1.807, 2.05) is 50.2 Å². The van der Waals surface area contributed by atoms with Crippen molar-refractivity contribution in [3.05, 3.63) is 64.7 Å². The Bertz CT molecular complexity index is 752. The first-order valence-electron chi connectivity index (χ1n) is 7.59. The largest absolute Gasteiger partial charge is 0.375 e. The van der Waals surface area contributed by atoms with Gasteiger partial charge in [-0.05, 0) is 43.5 Å². The van der Waals surface area contributed by atoms with Crippen LogP contribution in [-0.4, -0.2) is 21.6 Å². The van der Waals surface area contributed by atoms with Crippen molar-refractivity contribution in [3.8, 4) is 0 Å². The zero-order valence-electron chi connectivity index (χ0n) is 13.8. The summed E-state index contributed by atoms with van der Waals surface area (Å²) < 4.78 is 32.7. The minimum atomic E-state index is -3.49. The van der Waals surface area contributed by atoms with Crippen LogP contribution < -0.4 is 4.72 Å². The summed E-state index contributed by atoms with van der Waals surface area (Å²) in [7, 11) is -3.49. The smallest absolute Gasteiger partial charge is 0.240 e. The maximum absolute atomic E-state index is 12.3. The highest BCUT2D eigenvalue weighted by Gasteiger charge is 2.16. The molecule has 124 valence electrons. The second kappa shape index (κ2) is 7.73. The predicted molar refractivity (Wildman–Crippen MR) is 91.9 cm³/mol. The highest BCUT2D eigenvalue weighted by atomic mass is 32.2. The molecule has 0 bridgehead atoms. The number of sulfonamides is 1. The van der Waals surface area contributed by atoms with Crippen LogP contribution in [0.1, 0.15) is 22.3 Å². The lowest BCUT2D eigenvalue weighted by molar-refractivity contribution is 0.126. The van der Waals surface area contributed by atoms with Gasteiger partial charge in [0.2, 0.25) is 10.0 Å². The summed E-state index contributed by atoms with van der Waals surface area (Å²) in [5.74, 6) is 0. The maximum atomic E-state index is 12.3. The van der Waals surface area contributed by atoms with Crippen molar-refractivity contribution < 1.29 is 13.2 Å². The summed E-state index contributed by atoms with van der Waals surface area (Å²) in [5.41, 5.74) is 3.94. The van der Waals surface area contributed by atoms with E-state index in [4.69, 9.17) is 4.74 Å². The minimum Gasteiger partial charge on any atom is -0.375 e. The molecule has 0 atom stereocenters. The molecule has 2 aromatic rings. The number of nitrogens with one attached hydrogen (secondary N) is 1. The summed E-state index contributed by atoms with van der Waals surface area (Å²) in [4.78, 5) is 0.330. The molecule has 0 aliphatic heterocycles. The van der Waals surface area contributed by atoms with Gasteiger partial charge in [0.15, 0.2) is 0 Å². The number of aryl methyl sites for hydroxylation is 3. The van der Waals surface area contributed by atoms with E-state index in [1.54, 1.807) is 13.0 Å². The summed E-state index contributed by atoms with van der Waals surface area (Å²) in [6, 6.07) is 13.5. The molecule has 2 rings (SSSR count). The van der Waals surface area contributed by atoms with Crippen LogP contribution in [0.25, 0.3) is 0 Å². The summed E-state index contributed by atoms with van der Waals surface area (Å²) >= 11 is 0. The molecule has 2 aromatic carbocycles. The predicted octanol–water partition coefficient (Wildman–Crippen LogP) is 3.11. The average Bonchev–Trinajstić information content (AvgIpc) is 2.51. The van der Waals surface area contributed by atoms with E-state index in [9.17, 15) is 8.42 Å². The fourth-order valence-electron chi connectivity index (χ4n) is 2.20. The Morgan fingerprint density at radius 3 is 2.30 bits per heavy atom. The Hall–Kier alpha value is -1.69. The van der Waals surface area contributed by atoms with E-state index in [0.717, 1.165) is 16.7 Å². The van der Waals surface area contributed by atoms with Gasteiger partial charge in [0, 0.05) is 6.54 Å². The van der Waals surface area contributed by atoms with Gasteiger partial charge in [-0.25, -0.2) is 13.1 Å². The third-order valence-corrected chi connectivity index (χ3v) is 5.16. The standard InChI is InChI=1S/C18H23NO3S/c1-14-5-8-17(9-6-14)13-22-11-10-19-23(20,21)18-12-15(2)4-7-16(18)3/h4-9,12,19H,10-11,13H2,1-3H3. The lowest BCUT2D eigenvalue weighted by Gasteiger charge is -2.10. The van der Waals surface area contributed by atoms with E-state index in [1.165, 1.54) is 5.56 Å². The second-order valence-electron chi connectivity index (χ2n) is 5.70. The lowest BCUT2D eigenvalue weighted by Crippen LogP contribution is -2.28. The van der Waals surface area contributed by atoms with E-state index in [2.05, 4.69) is 4.72 Å². The quantitative estimate of drug-likeness (QED) is 0.792. The van der Waals surface area contributed by atoms with Crippen molar-refractivity contribution in [3.63, 3.8) is 0 Å². The number of hydrogen-bond acceptors (Lipinski definition) is 3. The third kappa shape index (κ3) is 5.16. The van der Waals surface area contributed by atoms with Crippen molar-refractivity contribution in [1.82, 2.24) is 4.72 Å². The Balaban J connectivity index is 1.83. The van der Waals surface area contributed by atoms with Crippen LogP contribution in [0.4, 0.5) is 0 Å². The summed E-state index contributed by atoms with van der Waals surface area (Å²) in [6.45, 7) is 6.77. The van der Waals surface area contributed by atoms with Gasteiger partial charge >= 0.3 is 0 Å². The Labute approximate surface area is 138 Å². The highest BCUT2D eigenvalue weighted by molar-refractivity contribution is 7.89. The van der Waals surface area contributed by atoms with Crippen molar-refractivity contribution in [2.75, 3.05) is 13.2 Å². The summed E-state index contributed by atoms with van der Waals surface area (Å²) in [5, 5.41) is 0. The van der Waals surface area contributed by atoms with Gasteiger partial charge in [0.25, 0.3) is 0 Å². The first-order valence-corrected chi connectivity index (χ1v) is 9.07. The molecule has 0 heterocycles. The molecule has 0 radical (unpaired) electrons. The molecule has 0 aliphatic rings. The molecule has 0 spiro atoms. The van der Waals surface area contributed by atoms with E-state index >= 15 is 0 Å². The van der Waals surface area contributed by atoms with Crippen LogP contribution in [0, 0.1) is 20.8 Å². The van der Waals surface area contributed by atoms with Gasteiger partial charge in [-0.1, -0.05) is 42.0 Å². The van der Waals surface area contributed by atoms with Gasteiger partial charge in [0.1, 0.15) is 0 Å². The van der Waals surface area contributed by atoms with Gasteiger partial charge in [0.05, 0.1) is 18.1 Å². The van der Waals surface area contributed by atoms with Crippen LogP contribution in [0.3, 0.4) is 0 Å². The first kappa shape index (κ1) is 17.7. The number of ether oxygens (including phenoxy) is 1. The van der Waals surface area contributed by atoms with Gasteiger partial charge in [-0.15, -0.1) is 0 Å². The van der Waals surface area contributed by atoms with Crippen molar-refractivity contribution in [2.45, 2.75) is 32.3 Å². The molecule has 5 heteroatoms. The number of benzene rings is 2. The van der Waals surface area contributed by atoms with Gasteiger partial charge in [-0.2, -0.15) is 0 Å². The van der Waals surface area contributed by atoms with E-state index in [-0.39, 0.29) is 6.54 Å². The van der Waals surface area contributed by atoms with E-state index < -0.39 is 10.0 Å².